The van der Waals surface area contributed by atoms with E-state index in [1.54, 1.807) is 12.1 Å². The van der Waals surface area contributed by atoms with Crippen LogP contribution in [0.3, 0.4) is 0 Å². The van der Waals surface area contributed by atoms with Crippen LogP contribution in [0.1, 0.15) is 17.0 Å². The molecule has 0 saturated carbocycles. The van der Waals surface area contributed by atoms with E-state index >= 15 is 0 Å². The predicted octanol–water partition coefficient (Wildman–Crippen LogP) is 5.12. The summed E-state index contributed by atoms with van der Waals surface area (Å²) in [4.78, 5) is 17.0. The number of rotatable bonds is 5. The molecule has 2 aromatic carbocycles. The summed E-state index contributed by atoms with van der Waals surface area (Å²) in [6, 6.07) is 23.2. The van der Waals surface area contributed by atoms with Crippen molar-refractivity contribution in [2.24, 2.45) is 0 Å². The topological polar surface area (TPSA) is 42.0 Å². The van der Waals surface area contributed by atoms with E-state index in [0.29, 0.717) is 17.3 Å². The van der Waals surface area contributed by atoms with Crippen molar-refractivity contribution in [3.05, 3.63) is 95.1 Å². The van der Waals surface area contributed by atoms with E-state index < -0.39 is 0 Å². The molecule has 3 nitrogen and oxygen atoms in total. The van der Waals surface area contributed by atoms with Crippen LogP contribution in [0.4, 0.5) is 5.82 Å². The Balaban J connectivity index is 0.00000225. The zero-order chi connectivity index (χ0) is 16.8. The van der Waals surface area contributed by atoms with Gasteiger partial charge in [0, 0.05) is 6.20 Å². The summed E-state index contributed by atoms with van der Waals surface area (Å²) in [5.74, 6) is 0.129. The fourth-order valence-corrected chi connectivity index (χ4v) is 2.67. The lowest BCUT2D eigenvalue weighted by molar-refractivity contribution is -0.117. The molecule has 0 spiro atoms. The number of nitrogens with one attached hydrogen (secondary N) is 1. The van der Waals surface area contributed by atoms with Gasteiger partial charge in [0.1, 0.15) is 5.82 Å². The lowest BCUT2D eigenvalue weighted by atomic mass is 9.91. The zero-order valence-electron chi connectivity index (χ0n) is 13.4. The Kier molecular flexibility index (Phi) is 6.99. The quantitative estimate of drug-likeness (QED) is 0.674. The summed E-state index contributed by atoms with van der Waals surface area (Å²) in [6.45, 7) is 0. The number of benzene rings is 2. The van der Waals surface area contributed by atoms with Gasteiger partial charge >= 0.3 is 0 Å². The van der Waals surface area contributed by atoms with E-state index in [4.69, 9.17) is 11.6 Å². The van der Waals surface area contributed by atoms with E-state index in [2.05, 4.69) is 10.3 Å². The Morgan fingerprint density at radius 2 is 1.60 bits per heavy atom. The van der Waals surface area contributed by atoms with Crippen molar-refractivity contribution in [3.8, 4) is 0 Å². The van der Waals surface area contributed by atoms with Crippen molar-refractivity contribution in [2.75, 3.05) is 5.32 Å². The summed E-state index contributed by atoms with van der Waals surface area (Å²) < 4.78 is 0. The SMILES string of the molecule is Cl.O=C(Nc1ccc(Cl)cn1)C(Cc1ccccc1)c1ccccc1. The molecule has 0 saturated heterocycles. The maximum absolute atomic E-state index is 12.8. The smallest absolute Gasteiger partial charge is 0.233 e. The number of halogens is 2. The summed E-state index contributed by atoms with van der Waals surface area (Å²) in [6.07, 6.45) is 2.15. The minimum Gasteiger partial charge on any atom is -0.310 e. The Morgan fingerprint density at radius 3 is 2.20 bits per heavy atom. The molecule has 0 fully saturated rings. The second kappa shape index (κ2) is 9.21. The van der Waals surface area contributed by atoms with Gasteiger partial charge in [-0.1, -0.05) is 72.3 Å². The fourth-order valence-electron chi connectivity index (χ4n) is 2.56. The maximum Gasteiger partial charge on any atom is 0.233 e. The van der Waals surface area contributed by atoms with Crippen LogP contribution in [0.5, 0.6) is 0 Å². The monoisotopic (exact) mass is 372 g/mol. The lowest BCUT2D eigenvalue weighted by Crippen LogP contribution is -2.23. The molecule has 25 heavy (non-hydrogen) atoms. The minimum absolute atomic E-state index is 0. The largest absolute Gasteiger partial charge is 0.310 e. The molecule has 128 valence electrons. The molecule has 3 rings (SSSR count). The van der Waals surface area contributed by atoms with E-state index in [-0.39, 0.29) is 24.2 Å². The zero-order valence-corrected chi connectivity index (χ0v) is 15.0. The molecule has 0 aliphatic heterocycles. The molecular weight excluding hydrogens is 355 g/mol. The van der Waals surface area contributed by atoms with Gasteiger partial charge < -0.3 is 5.32 Å². The normalized spacial score (nSPS) is 11.2. The highest BCUT2D eigenvalue weighted by molar-refractivity contribution is 6.30. The first-order chi connectivity index (χ1) is 11.7. The molecule has 1 N–H and O–H groups in total. The molecule has 3 aromatic rings. The van der Waals surface area contributed by atoms with Gasteiger partial charge in [-0.3, -0.25) is 4.79 Å². The lowest BCUT2D eigenvalue weighted by Gasteiger charge is -2.17. The van der Waals surface area contributed by atoms with E-state index in [9.17, 15) is 4.79 Å². The summed E-state index contributed by atoms with van der Waals surface area (Å²) in [5, 5.41) is 3.42. The van der Waals surface area contributed by atoms with Crippen LogP contribution in [-0.4, -0.2) is 10.9 Å². The highest BCUT2D eigenvalue weighted by Gasteiger charge is 2.21. The Hall–Kier alpha value is -2.36. The molecule has 0 aliphatic carbocycles. The number of pyridine rings is 1. The maximum atomic E-state index is 12.8. The first-order valence-corrected chi connectivity index (χ1v) is 8.11. The summed E-state index contributed by atoms with van der Waals surface area (Å²) in [5.41, 5.74) is 2.10. The van der Waals surface area contributed by atoms with E-state index in [1.165, 1.54) is 6.20 Å². The molecule has 0 radical (unpaired) electrons. The second-order valence-corrected chi connectivity index (χ2v) is 5.94. The van der Waals surface area contributed by atoms with Crippen molar-refractivity contribution in [2.45, 2.75) is 12.3 Å². The van der Waals surface area contributed by atoms with Gasteiger partial charge in [-0.25, -0.2) is 4.98 Å². The number of anilines is 1. The van der Waals surface area contributed by atoms with Gasteiger partial charge in [-0.15, -0.1) is 12.4 Å². The van der Waals surface area contributed by atoms with Crippen LogP contribution in [0.25, 0.3) is 0 Å². The molecule has 0 bridgehead atoms. The second-order valence-electron chi connectivity index (χ2n) is 5.50. The first-order valence-electron chi connectivity index (χ1n) is 7.73. The third-order valence-corrected chi connectivity index (χ3v) is 4.00. The molecule has 1 heterocycles. The average Bonchev–Trinajstić information content (AvgIpc) is 2.63. The van der Waals surface area contributed by atoms with Gasteiger partial charge in [0.05, 0.1) is 10.9 Å². The average molecular weight is 373 g/mol. The predicted molar refractivity (Wildman–Crippen MR) is 104 cm³/mol. The highest BCUT2D eigenvalue weighted by Crippen LogP contribution is 2.23. The molecule has 0 aliphatic rings. The number of nitrogens with zero attached hydrogens (tertiary/aromatic N) is 1. The van der Waals surface area contributed by atoms with Crippen molar-refractivity contribution in [1.29, 1.82) is 0 Å². The number of carbonyl (C=O) groups is 1. The third kappa shape index (κ3) is 5.31. The van der Waals surface area contributed by atoms with Crippen LogP contribution in [0.2, 0.25) is 5.02 Å². The summed E-state index contributed by atoms with van der Waals surface area (Å²) >= 11 is 5.84. The number of amides is 1. The van der Waals surface area contributed by atoms with Crippen LogP contribution in [-0.2, 0) is 11.2 Å². The van der Waals surface area contributed by atoms with Crippen molar-refractivity contribution in [3.63, 3.8) is 0 Å². The molecular formula is C20H18Cl2N2O. The minimum atomic E-state index is -0.286. The molecule has 5 heteroatoms. The molecule has 1 atom stereocenters. The Bertz CT molecular complexity index is 793. The molecule has 1 unspecified atom stereocenters. The standard InChI is InChI=1S/C20H17ClN2O.ClH/c21-17-11-12-19(22-14-17)23-20(24)18(16-9-5-2-6-10-16)13-15-7-3-1-4-8-15;/h1-12,14,18H,13H2,(H,22,23,24);1H. The van der Waals surface area contributed by atoms with Gasteiger partial charge in [0.25, 0.3) is 0 Å². The van der Waals surface area contributed by atoms with E-state index in [1.807, 2.05) is 60.7 Å². The Morgan fingerprint density at radius 1 is 0.960 bits per heavy atom. The van der Waals surface area contributed by atoms with Crippen LogP contribution in [0.15, 0.2) is 79.0 Å². The number of carbonyl (C=O) groups excluding carboxylic acids is 1. The van der Waals surface area contributed by atoms with Gasteiger partial charge in [0.15, 0.2) is 0 Å². The molecule has 1 aromatic heterocycles. The highest BCUT2D eigenvalue weighted by atomic mass is 35.5. The van der Waals surface area contributed by atoms with Crippen LogP contribution < -0.4 is 5.32 Å². The third-order valence-electron chi connectivity index (χ3n) is 3.78. The van der Waals surface area contributed by atoms with E-state index in [0.717, 1.165) is 11.1 Å². The van der Waals surface area contributed by atoms with Crippen molar-refractivity contribution in [1.82, 2.24) is 4.98 Å². The van der Waals surface area contributed by atoms with Crippen LogP contribution >= 0.6 is 24.0 Å². The summed E-state index contributed by atoms with van der Waals surface area (Å²) in [7, 11) is 0. The van der Waals surface area contributed by atoms with Gasteiger partial charge in [-0.2, -0.15) is 0 Å². The van der Waals surface area contributed by atoms with Crippen molar-refractivity contribution < 1.29 is 4.79 Å². The van der Waals surface area contributed by atoms with Gasteiger partial charge in [0.2, 0.25) is 5.91 Å². The van der Waals surface area contributed by atoms with Crippen LogP contribution in [0, 0.1) is 0 Å². The van der Waals surface area contributed by atoms with Gasteiger partial charge in [-0.05, 0) is 29.7 Å². The number of aromatic nitrogens is 1. The van der Waals surface area contributed by atoms with Crippen molar-refractivity contribution >= 4 is 35.7 Å². The number of hydrogen-bond donors (Lipinski definition) is 1. The first kappa shape index (κ1) is 19.0. The molecule has 1 amide bonds. The number of hydrogen-bond acceptors (Lipinski definition) is 2. The fraction of sp³-hybridized carbons (Fsp3) is 0.100. The Labute approximate surface area is 158 Å².